The molecule has 2 aliphatic rings. The number of nitrogens with one attached hydrogen (secondary N) is 1. The Morgan fingerprint density at radius 1 is 1.00 bits per heavy atom. The number of esters is 1. The Kier molecular flexibility index (Phi) is 13.9. The van der Waals surface area contributed by atoms with Crippen molar-refractivity contribution in [3.63, 3.8) is 0 Å². The number of aliphatic imine (C=N–C) groups is 1. The third-order valence-corrected chi connectivity index (χ3v) is 5.81. The van der Waals surface area contributed by atoms with Crippen molar-refractivity contribution in [2.45, 2.75) is 46.5 Å². The van der Waals surface area contributed by atoms with Gasteiger partial charge in [0.15, 0.2) is 5.96 Å². The quantitative estimate of drug-likeness (QED) is 0.165. The Labute approximate surface area is 194 Å². The number of hydrogen-bond donors (Lipinski definition) is 1. The van der Waals surface area contributed by atoms with Crippen LogP contribution in [0.3, 0.4) is 0 Å². The van der Waals surface area contributed by atoms with Crippen molar-refractivity contribution in [2.75, 3.05) is 72.1 Å². The number of nitrogens with zero attached hydrogens (tertiary/aromatic N) is 4. The first-order chi connectivity index (χ1) is 13.7. The first-order valence-corrected chi connectivity index (χ1v) is 11.3. The molecule has 7 nitrogen and oxygen atoms in total. The summed E-state index contributed by atoms with van der Waals surface area (Å²) in [5, 5.41) is 3.42. The zero-order chi connectivity index (χ0) is 20.2. The molecule has 0 aromatic heterocycles. The van der Waals surface area contributed by atoms with Crippen molar-refractivity contribution in [1.82, 2.24) is 20.0 Å². The van der Waals surface area contributed by atoms with E-state index in [1.54, 1.807) is 0 Å². The highest BCUT2D eigenvalue weighted by molar-refractivity contribution is 14.0. The zero-order valence-corrected chi connectivity index (χ0v) is 21.0. The molecule has 8 heteroatoms. The molecule has 0 spiro atoms. The standard InChI is InChI=1S/C21H41N5O2.HI/c1-4-22-21(26-13-9-19(10-14-26)20(27)28-6-3)23-11-7-8-12-25-17-15-24(5-2)16-18-25;/h19H,4-18H2,1-3H3,(H,22,23);1H. The summed E-state index contributed by atoms with van der Waals surface area (Å²) in [6.07, 6.45) is 4.04. The molecular formula is C21H42IN5O2. The Bertz CT molecular complexity index is 476. The number of carbonyl (C=O) groups is 1. The zero-order valence-electron chi connectivity index (χ0n) is 18.7. The van der Waals surface area contributed by atoms with Crippen LogP contribution in [0, 0.1) is 5.92 Å². The summed E-state index contributed by atoms with van der Waals surface area (Å²) in [6, 6.07) is 0. The number of rotatable bonds is 9. The monoisotopic (exact) mass is 523 g/mol. The Morgan fingerprint density at radius 3 is 2.24 bits per heavy atom. The Balaban J connectivity index is 0.00000420. The van der Waals surface area contributed by atoms with Crippen molar-refractivity contribution in [3.05, 3.63) is 0 Å². The smallest absolute Gasteiger partial charge is 0.309 e. The maximum atomic E-state index is 11.9. The van der Waals surface area contributed by atoms with Crippen LogP contribution in [0.5, 0.6) is 0 Å². The minimum atomic E-state index is -0.0381. The van der Waals surface area contributed by atoms with Crippen molar-refractivity contribution >= 4 is 35.9 Å². The van der Waals surface area contributed by atoms with Crippen molar-refractivity contribution in [2.24, 2.45) is 10.9 Å². The first-order valence-electron chi connectivity index (χ1n) is 11.3. The van der Waals surface area contributed by atoms with Crippen LogP contribution in [0.1, 0.15) is 46.5 Å². The van der Waals surface area contributed by atoms with E-state index in [1.807, 2.05) is 6.92 Å². The first kappa shape index (κ1) is 26.4. The number of piperazine rings is 1. The lowest BCUT2D eigenvalue weighted by molar-refractivity contribution is -0.149. The number of likely N-dealkylation sites (tertiary alicyclic amines) is 1. The predicted molar refractivity (Wildman–Crippen MR) is 130 cm³/mol. The van der Waals surface area contributed by atoms with E-state index in [0.29, 0.717) is 6.61 Å². The highest BCUT2D eigenvalue weighted by atomic mass is 127. The molecule has 0 bridgehead atoms. The second-order valence-corrected chi connectivity index (χ2v) is 7.73. The number of ether oxygens (including phenoxy) is 1. The average Bonchev–Trinajstić information content (AvgIpc) is 2.73. The minimum Gasteiger partial charge on any atom is -0.466 e. The molecule has 0 saturated carbocycles. The van der Waals surface area contributed by atoms with Gasteiger partial charge in [0.1, 0.15) is 0 Å². The van der Waals surface area contributed by atoms with Crippen LogP contribution in [0.25, 0.3) is 0 Å². The third-order valence-electron chi connectivity index (χ3n) is 5.81. The fraction of sp³-hybridized carbons (Fsp3) is 0.905. The largest absolute Gasteiger partial charge is 0.466 e. The van der Waals surface area contributed by atoms with Gasteiger partial charge in [-0.1, -0.05) is 6.92 Å². The maximum absolute atomic E-state index is 11.9. The third kappa shape index (κ3) is 9.38. The molecular weight excluding hydrogens is 481 g/mol. The Hall–Kier alpha value is -0.610. The molecule has 0 aromatic rings. The van der Waals surface area contributed by atoms with Crippen molar-refractivity contribution in [3.8, 4) is 0 Å². The molecule has 0 aromatic carbocycles. The number of unbranched alkanes of at least 4 members (excludes halogenated alkanes) is 1. The fourth-order valence-electron chi connectivity index (χ4n) is 3.97. The molecule has 29 heavy (non-hydrogen) atoms. The second-order valence-electron chi connectivity index (χ2n) is 7.73. The summed E-state index contributed by atoms with van der Waals surface area (Å²) in [7, 11) is 0. The van der Waals surface area contributed by atoms with Crippen LogP contribution in [-0.4, -0.2) is 98.7 Å². The lowest BCUT2D eigenvalue weighted by atomic mass is 9.97. The van der Waals surface area contributed by atoms with Crippen LogP contribution in [0.15, 0.2) is 4.99 Å². The van der Waals surface area contributed by atoms with Gasteiger partial charge in [-0.2, -0.15) is 0 Å². The van der Waals surface area contributed by atoms with Crippen molar-refractivity contribution in [1.29, 1.82) is 0 Å². The van der Waals surface area contributed by atoms with E-state index < -0.39 is 0 Å². The molecule has 1 N–H and O–H groups in total. The SMILES string of the molecule is CCNC(=NCCCCN1CCN(CC)CC1)N1CCC(C(=O)OCC)CC1.I. The molecule has 0 atom stereocenters. The van der Waals surface area contributed by atoms with E-state index in [1.165, 1.54) is 45.7 Å². The highest BCUT2D eigenvalue weighted by Crippen LogP contribution is 2.18. The van der Waals surface area contributed by atoms with Crippen molar-refractivity contribution < 1.29 is 9.53 Å². The van der Waals surface area contributed by atoms with Gasteiger partial charge in [-0.15, -0.1) is 24.0 Å². The van der Waals surface area contributed by atoms with Crippen LogP contribution in [0.2, 0.25) is 0 Å². The van der Waals surface area contributed by atoms with Gasteiger partial charge in [0.05, 0.1) is 12.5 Å². The van der Waals surface area contributed by atoms with Gasteiger partial charge in [-0.3, -0.25) is 9.79 Å². The van der Waals surface area contributed by atoms with Crippen LogP contribution in [-0.2, 0) is 9.53 Å². The molecule has 0 unspecified atom stereocenters. The summed E-state index contributed by atoms with van der Waals surface area (Å²) in [6.45, 7) is 17.4. The van der Waals surface area contributed by atoms with Gasteiger partial charge in [0, 0.05) is 52.4 Å². The van der Waals surface area contributed by atoms with E-state index in [9.17, 15) is 4.79 Å². The van der Waals surface area contributed by atoms with Gasteiger partial charge < -0.3 is 24.8 Å². The molecule has 0 amide bonds. The number of piperidine rings is 1. The molecule has 0 aliphatic carbocycles. The topological polar surface area (TPSA) is 60.4 Å². The maximum Gasteiger partial charge on any atom is 0.309 e. The van der Waals surface area contributed by atoms with E-state index in [-0.39, 0.29) is 35.9 Å². The molecule has 2 rings (SSSR count). The van der Waals surface area contributed by atoms with Crippen LogP contribution in [0.4, 0.5) is 0 Å². The molecule has 170 valence electrons. The fourth-order valence-corrected chi connectivity index (χ4v) is 3.97. The van der Waals surface area contributed by atoms with Gasteiger partial charge in [-0.25, -0.2) is 0 Å². The van der Waals surface area contributed by atoms with E-state index in [2.05, 4.69) is 33.9 Å². The minimum absolute atomic E-state index is 0. The summed E-state index contributed by atoms with van der Waals surface area (Å²) >= 11 is 0. The van der Waals surface area contributed by atoms with Crippen LogP contribution >= 0.6 is 24.0 Å². The number of hydrogen-bond acceptors (Lipinski definition) is 5. The summed E-state index contributed by atoms with van der Waals surface area (Å²) in [4.78, 5) is 24.2. The highest BCUT2D eigenvalue weighted by Gasteiger charge is 2.27. The van der Waals surface area contributed by atoms with E-state index in [4.69, 9.17) is 9.73 Å². The Morgan fingerprint density at radius 2 is 1.66 bits per heavy atom. The lowest BCUT2D eigenvalue weighted by Crippen LogP contribution is -2.47. The molecule has 2 heterocycles. The number of guanidine groups is 1. The van der Waals surface area contributed by atoms with Crippen LogP contribution < -0.4 is 5.32 Å². The van der Waals surface area contributed by atoms with Gasteiger partial charge in [0.2, 0.25) is 0 Å². The number of halogens is 1. The second kappa shape index (κ2) is 15.2. The predicted octanol–water partition coefficient (Wildman–Crippen LogP) is 2.26. The van der Waals surface area contributed by atoms with Gasteiger partial charge in [-0.05, 0) is 52.6 Å². The molecule has 2 fully saturated rings. The summed E-state index contributed by atoms with van der Waals surface area (Å²) in [5.41, 5.74) is 0. The lowest BCUT2D eigenvalue weighted by Gasteiger charge is -2.34. The van der Waals surface area contributed by atoms with Gasteiger partial charge in [0.25, 0.3) is 0 Å². The normalized spacial score (nSPS) is 19.7. The van der Waals surface area contributed by atoms with E-state index in [0.717, 1.165) is 51.4 Å². The molecule has 2 aliphatic heterocycles. The van der Waals surface area contributed by atoms with E-state index >= 15 is 0 Å². The molecule has 0 radical (unpaired) electrons. The average molecular weight is 524 g/mol. The molecule has 2 saturated heterocycles. The summed E-state index contributed by atoms with van der Waals surface area (Å²) in [5.74, 6) is 1.01. The van der Waals surface area contributed by atoms with Gasteiger partial charge >= 0.3 is 5.97 Å². The summed E-state index contributed by atoms with van der Waals surface area (Å²) < 4.78 is 5.17. The number of likely N-dealkylation sites (N-methyl/N-ethyl adjacent to an activating group) is 1. The number of carbonyl (C=O) groups excluding carboxylic acids is 1.